The maximum absolute atomic E-state index is 13.4. The van der Waals surface area contributed by atoms with Crippen LogP contribution in [0.15, 0.2) is 58.3 Å². The summed E-state index contributed by atoms with van der Waals surface area (Å²) in [6.07, 6.45) is 10.7. The zero-order valence-corrected chi connectivity index (χ0v) is 25.4. The first-order chi connectivity index (χ1) is 20.1. The minimum atomic E-state index is -2.42. The van der Waals surface area contributed by atoms with Crippen LogP contribution in [0.2, 0.25) is 0 Å². The second-order valence-corrected chi connectivity index (χ2v) is 14.0. The molecule has 0 spiro atoms. The summed E-state index contributed by atoms with van der Waals surface area (Å²) in [5.41, 5.74) is 5.18. The number of aromatic nitrogens is 5. The van der Waals surface area contributed by atoms with Crippen molar-refractivity contribution in [3.8, 4) is 5.82 Å². The van der Waals surface area contributed by atoms with Crippen molar-refractivity contribution >= 4 is 43.9 Å². The first-order valence-electron chi connectivity index (χ1n) is 14.2. The standard InChI is InChI=1S/C30H37N9O2S/c1-6-13-38-29(40)24-19-31-30(34-28(24)39(38)27-10-7-9-26(33-27)35-42(4,5)41)32-21-16-20-11-12-22(36(2)3)18-23(20)25(17-21)37-14-8-15-37/h6-7,9-10,16-17,19,22H,1,8,11-15,18H2,2-5H3,(H,31,32,34). The molecule has 1 aliphatic carbocycles. The summed E-state index contributed by atoms with van der Waals surface area (Å²) in [5, 5.41) is 3.79. The van der Waals surface area contributed by atoms with Crippen molar-refractivity contribution < 1.29 is 4.21 Å². The molecule has 6 rings (SSSR count). The van der Waals surface area contributed by atoms with Crippen LogP contribution < -0.4 is 15.8 Å². The molecule has 42 heavy (non-hydrogen) atoms. The van der Waals surface area contributed by atoms with Crippen LogP contribution >= 0.6 is 0 Å². The smallest absolute Gasteiger partial charge is 0.278 e. The van der Waals surface area contributed by atoms with E-state index in [2.05, 4.69) is 62.3 Å². The molecular weight excluding hydrogens is 550 g/mol. The van der Waals surface area contributed by atoms with Gasteiger partial charge in [0.05, 0.1) is 6.54 Å². The van der Waals surface area contributed by atoms with Crippen molar-refractivity contribution in [1.82, 2.24) is 29.2 Å². The van der Waals surface area contributed by atoms with E-state index in [1.807, 2.05) is 0 Å². The Kier molecular flexibility index (Phi) is 7.36. The van der Waals surface area contributed by atoms with E-state index >= 15 is 0 Å². The van der Waals surface area contributed by atoms with Gasteiger partial charge in [0.15, 0.2) is 17.3 Å². The summed E-state index contributed by atoms with van der Waals surface area (Å²) in [7, 11) is 1.91. The van der Waals surface area contributed by atoms with E-state index in [0.717, 1.165) is 38.0 Å². The van der Waals surface area contributed by atoms with Crippen LogP contribution in [0.3, 0.4) is 0 Å². The number of likely N-dealkylation sites (N-methyl/N-ethyl adjacent to an activating group) is 1. The number of hydrogen-bond acceptors (Lipinski definition) is 9. The van der Waals surface area contributed by atoms with E-state index in [1.54, 1.807) is 47.7 Å². The van der Waals surface area contributed by atoms with E-state index in [-0.39, 0.29) is 12.1 Å². The van der Waals surface area contributed by atoms with E-state index < -0.39 is 9.73 Å². The number of pyridine rings is 1. The molecular formula is C30H37N9O2S. The van der Waals surface area contributed by atoms with Gasteiger partial charge in [-0.2, -0.15) is 9.35 Å². The van der Waals surface area contributed by atoms with Crippen LogP contribution in [0.5, 0.6) is 0 Å². The molecule has 0 bridgehead atoms. The molecule has 3 aromatic heterocycles. The average Bonchev–Trinajstić information content (AvgIpc) is 3.17. The van der Waals surface area contributed by atoms with E-state index in [0.29, 0.717) is 34.7 Å². The summed E-state index contributed by atoms with van der Waals surface area (Å²) in [6, 6.07) is 10.2. The van der Waals surface area contributed by atoms with Crippen molar-refractivity contribution in [3.05, 3.63) is 70.7 Å². The Bertz CT molecular complexity index is 1850. The number of rotatable bonds is 8. The summed E-state index contributed by atoms with van der Waals surface area (Å²) in [5.74, 6) is 1.13. The number of fused-ring (bicyclic) bond motifs is 2. The van der Waals surface area contributed by atoms with E-state index in [9.17, 15) is 9.00 Å². The van der Waals surface area contributed by atoms with Gasteiger partial charge in [0.1, 0.15) is 5.39 Å². The van der Waals surface area contributed by atoms with Crippen molar-refractivity contribution in [2.45, 2.75) is 38.3 Å². The molecule has 0 radical (unpaired) electrons. The lowest BCUT2D eigenvalue weighted by atomic mass is 9.85. The van der Waals surface area contributed by atoms with E-state index in [1.165, 1.54) is 27.9 Å². The van der Waals surface area contributed by atoms with Crippen LogP contribution in [0.25, 0.3) is 16.9 Å². The Labute approximate surface area is 246 Å². The molecule has 1 saturated heterocycles. The summed E-state index contributed by atoms with van der Waals surface area (Å²) in [6.45, 7) is 6.20. The van der Waals surface area contributed by atoms with E-state index in [4.69, 9.17) is 4.98 Å². The number of hydrogen-bond donors (Lipinski definition) is 1. The molecule has 1 atom stereocenters. The van der Waals surface area contributed by atoms with Gasteiger partial charge < -0.3 is 15.1 Å². The van der Waals surface area contributed by atoms with Crippen molar-refractivity contribution in [2.75, 3.05) is 49.9 Å². The maximum Gasteiger partial charge on any atom is 0.278 e. The van der Waals surface area contributed by atoms with Crippen LogP contribution in [-0.4, -0.2) is 79.2 Å². The predicted octanol–water partition coefficient (Wildman–Crippen LogP) is 3.89. The highest BCUT2D eigenvalue weighted by Crippen LogP contribution is 2.37. The fraction of sp³-hybridized carbons (Fsp3) is 0.400. The van der Waals surface area contributed by atoms with Crippen LogP contribution in [0, 0.1) is 0 Å². The number of aryl methyl sites for hydroxylation is 1. The molecule has 4 aromatic rings. The highest BCUT2D eigenvalue weighted by Gasteiger charge is 2.27. The normalized spacial score (nSPS) is 16.8. The monoisotopic (exact) mass is 587 g/mol. The van der Waals surface area contributed by atoms with Crippen LogP contribution in [0.4, 0.5) is 23.1 Å². The van der Waals surface area contributed by atoms with Gasteiger partial charge in [-0.3, -0.25) is 4.79 Å². The highest BCUT2D eigenvalue weighted by molar-refractivity contribution is 7.92. The van der Waals surface area contributed by atoms with Gasteiger partial charge in [-0.25, -0.2) is 23.5 Å². The minimum Gasteiger partial charge on any atom is -0.371 e. The highest BCUT2D eigenvalue weighted by atomic mass is 32.2. The number of nitrogens with one attached hydrogen (secondary N) is 1. The van der Waals surface area contributed by atoms with Gasteiger partial charge >= 0.3 is 0 Å². The van der Waals surface area contributed by atoms with Gasteiger partial charge in [0.25, 0.3) is 5.56 Å². The zero-order chi connectivity index (χ0) is 29.6. The Morgan fingerprint density at radius 2 is 2.02 bits per heavy atom. The Morgan fingerprint density at radius 1 is 1.21 bits per heavy atom. The second-order valence-electron chi connectivity index (χ2n) is 11.5. The lowest BCUT2D eigenvalue weighted by Crippen LogP contribution is -2.40. The van der Waals surface area contributed by atoms with Crippen LogP contribution in [-0.2, 0) is 29.1 Å². The Balaban J connectivity index is 1.43. The minimum absolute atomic E-state index is 0.247. The predicted molar refractivity (Wildman–Crippen MR) is 169 cm³/mol. The molecule has 1 aliphatic heterocycles. The Hall–Kier alpha value is -4.03. The third kappa shape index (κ3) is 5.43. The van der Waals surface area contributed by atoms with Gasteiger partial charge in [0.2, 0.25) is 5.95 Å². The Morgan fingerprint density at radius 3 is 2.71 bits per heavy atom. The van der Waals surface area contributed by atoms with Gasteiger partial charge in [-0.05, 0) is 75.2 Å². The molecule has 1 unspecified atom stereocenters. The average molecular weight is 588 g/mol. The largest absolute Gasteiger partial charge is 0.371 e. The second kappa shape index (κ2) is 11.0. The first-order valence-corrected chi connectivity index (χ1v) is 16.5. The molecule has 1 N–H and O–H groups in total. The molecule has 220 valence electrons. The summed E-state index contributed by atoms with van der Waals surface area (Å²) < 4.78 is 19.7. The van der Waals surface area contributed by atoms with Crippen molar-refractivity contribution in [2.24, 2.45) is 4.36 Å². The van der Waals surface area contributed by atoms with Gasteiger partial charge in [-0.15, -0.1) is 6.58 Å². The topological polar surface area (TPSA) is 114 Å². The molecule has 1 fully saturated rings. The number of anilines is 3. The summed E-state index contributed by atoms with van der Waals surface area (Å²) >= 11 is 0. The lowest BCUT2D eigenvalue weighted by molar-refractivity contribution is 0.268. The van der Waals surface area contributed by atoms with Gasteiger partial charge in [-0.1, -0.05) is 12.1 Å². The molecule has 11 nitrogen and oxygen atoms in total. The lowest BCUT2D eigenvalue weighted by Gasteiger charge is -2.39. The molecule has 0 amide bonds. The zero-order valence-electron chi connectivity index (χ0n) is 24.6. The third-order valence-electron chi connectivity index (χ3n) is 7.92. The SMILES string of the molecule is C=CCn1c(=O)c2cnc(Nc3cc4c(c(N5CCC5)c3)CC(N(C)C)CC4)nc2n1-c1cccc(N=S(C)(C)=O)n1. The third-order valence-corrected chi connectivity index (χ3v) is 8.54. The molecule has 0 saturated carbocycles. The van der Waals surface area contributed by atoms with Crippen molar-refractivity contribution in [3.63, 3.8) is 0 Å². The fourth-order valence-corrected chi connectivity index (χ4v) is 6.28. The van der Waals surface area contributed by atoms with Crippen LogP contribution in [0.1, 0.15) is 24.0 Å². The molecule has 2 aliphatic rings. The number of allylic oxidation sites excluding steroid dienone is 1. The summed E-state index contributed by atoms with van der Waals surface area (Å²) in [4.78, 5) is 32.1. The quantitative estimate of drug-likeness (QED) is 0.309. The fourth-order valence-electron chi connectivity index (χ4n) is 5.73. The van der Waals surface area contributed by atoms with Crippen molar-refractivity contribution in [1.29, 1.82) is 0 Å². The first kappa shape index (κ1) is 28.1. The maximum atomic E-state index is 13.4. The molecule has 12 heteroatoms. The number of nitrogens with zero attached hydrogens (tertiary/aromatic N) is 8. The number of benzene rings is 1. The molecule has 1 aromatic carbocycles. The molecule has 4 heterocycles. The van der Waals surface area contributed by atoms with Gasteiger partial charge in [0, 0.05) is 58.9 Å².